The first-order valence-corrected chi connectivity index (χ1v) is 11.0. The Morgan fingerprint density at radius 2 is 2.07 bits per heavy atom. The lowest BCUT2D eigenvalue weighted by molar-refractivity contribution is 0.0608. The first-order valence-electron chi connectivity index (χ1n) is 9.86. The van der Waals surface area contributed by atoms with Crippen molar-refractivity contribution >= 4 is 39.1 Å². The van der Waals surface area contributed by atoms with E-state index in [2.05, 4.69) is 26.3 Å². The number of benzene rings is 2. The second-order valence-electron chi connectivity index (χ2n) is 7.50. The van der Waals surface area contributed by atoms with Crippen LogP contribution in [0.3, 0.4) is 0 Å². The molecule has 1 aromatic heterocycles. The molecular weight excluding hydrogens is 468 g/mol. The number of hydrogen-bond acceptors (Lipinski definition) is 4. The van der Waals surface area contributed by atoms with Gasteiger partial charge in [-0.25, -0.2) is 4.68 Å². The van der Waals surface area contributed by atoms with Crippen molar-refractivity contribution < 1.29 is 9.53 Å². The molecule has 0 saturated heterocycles. The van der Waals surface area contributed by atoms with Crippen LogP contribution in [0, 0.1) is 0 Å². The minimum Gasteiger partial charge on any atom is -0.489 e. The summed E-state index contributed by atoms with van der Waals surface area (Å²) >= 11 is 10.1. The Labute approximate surface area is 187 Å². The summed E-state index contributed by atoms with van der Waals surface area (Å²) in [5, 5.41) is 8.52. The van der Waals surface area contributed by atoms with Crippen LogP contribution < -0.4 is 10.1 Å². The topological polar surface area (TPSA) is 59.4 Å². The molecule has 0 aliphatic carbocycles. The molecule has 6 nitrogen and oxygen atoms in total. The third-order valence-corrected chi connectivity index (χ3v) is 6.48. The quantitative estimate of drug-likeness (QED) is 0.601. The lowest BCUT2D eigenvalue weighted by atomic mass is 10.1. The highest BCUT2D eigenvalue weighted by Crippen LogP contribution is 2.32. The smallest absolute Gasteiger partial charge is 0.275 e. The average molecular weight is 488 g/mol. The van der Waals surface area contributed by atoms with E-state index < -0.39 is 0 Å². The number of nitrogens with zero attached hydrogens (tertiary/aromatic N) is 3. The van der Waals surface area contributed by atoms with Crippen LogP contribution in [-0.4, -0.2) is 46.3 Å². The van der Waals surface area contributed by atoms with Crippen molar-refractivity contribution in [3.05, 3.63) is 75.0 Å². The Morgan fingerprint density at radius 1 is 1.23 bits per heavy atom. The van der Waals surface area contributed by atoms with E-state index in [1.165, 1.54) is 0 Å². The van der Waals surface area contributed by atoms with E-state index in [4.69, 9.17) is 16.3 Å². The molecule has 0 bridgehead atoms. The molecular formula is C22H20BrClN4O2. The number of hydrogen-bond donors (Lipinski definition) is 1. The number of carbonyl (C=O) groups excluding carboxylic acids is 1. The molecule has 154 valence electrons. The summed E-state index contributed by atoms with van der Waals surface area (Å²) in [6.07, 6.45) is 0.684. The summed E-state index contributed by atoms with van der Waals surface area (Å²) in [7, 11) is 0. The third-order valence-electron chi connectivity index (χ3n) is 5.57. The SMILES string of the molecule is O=C1c2nn(Cc3ccccc3)c(Cl)c2CCN1[C@H]1CNc2ccc(Br)cc2OC1. The normalized spacial score (nSPS) is 18.1. The maximum atomic E-state index is 13.3. The van der Waals surface area contributed by atoms with Crippen LogP contribution in [0.4, 0.5) is 5.69 Å². The van der Waals surface area contributed by atoms with E-state index in [9.17, 15) is 4.79 Å². The number of rotatable bonds is 3. The molecule has 0 saturated carbocycles. The Balaban J connectivity index is 1.36. The lowest BCUT2D eigenvalue weighted by Gasteiger charge is -2.32. The molecule has 0 spiro atoms. The van der Waals surface area contributed by atoms with Crippen LogP contribution in [0.1, 0.15) is 21.6 Å². The van der Waals surface area contributed by atoms with Crippen LogP contribution in [0.15, 0.2) is 53.0 Å². The molecule has 1 amide bonds. The molecule has 0 unspecified atom stereocenters. The molecule has 2 aromatic carbocycles. The van der Waals surface area contributed by atoms with Gasteiger partial charge in [-0.1, -0.05) is 57.9 Å². The Morgan fingerprint density at radius 3 is 2.90 bits per heavy atom. The highest BCUT2D eigenvalue weighted by molar-refractivity contribution is 9.10. The van der Waals surface area contributed by atoms with Gasteiger partial charge < -0.3 is 15.0 Å². The molecule has 2 aliphatic heterocycles. The van der Waals surface area contributed by atoms with Crippen molar-refractivity contribution in [2.45, 2.75) is 19.0 Å². The van der Waals surface area contributed by atoms with Gasteiger partial charge in [-0.3, -0.25) is 4.79 Å². The predicted molar refractivity (Wildman–Crippen MR) is 119 cm³/mol. The molecule has 3 aromatic rings. The van der Waals surface area contributed by atoms with Gasteiger partial charge in [0.05, 0.1) is 18.3 Å². The van der Waals surface area contributed by atoms with Gasteiger partial charge in [0, 0.05) is 23.1 Å². The zero-order valence-electron chi connectivity index (χ0n) is 16.1. The van der Waals surface area contributed by atoms with E-state index >= 15 is 0 Å². The number of carbonyl (C=O) groups is 1. The maximum Gasteiger partial charge on any atom is 0.275 e. The van der Waals surface area contributed by atoms with Gasteiger partial charge >= 0.3 is 0 Å². The third kappa shape index (κ3) is 3.56. The fraction of sp³-hybridized carbons (Fsp3) is 0.273. The highest BCUT2D eigenvalue weighted by Gasteiger charge is 2.35. The molecule has 2 aliphatic rings. The van der Waals surface area contributed by atoms with Gasteiger partial charge in [-0.05, 0) is 30.2 Å². The van der Waals surface area contributed by atoms with E-state index in [1.807, 2.05) is 53.4 Å². The number of nitrogens with one attached hydrogen (secondary N) is 1. The number of halogens is 2. The number of aromatic nitrogens is 2. The summed E-state index contributed by atoms with van der Waals surface area (Å²) in [6, 6.07) is 15.8. The van der Waals surface area contributed by atoms with Crippen molar-refractivity contribution in [3.8, 4) is 5.75 Å². The molecule has 1 N–H and O–H groups in total. The Hall–Kier alpha value is -2.51. The van der Waals surface area contributed by atoms with Crippen molar-refractivity contribution in [1.29, 1.82) is 0 Å². The average Bonchev–Trinajstić information content (AvgIpc) is 2.93. The van der Waals surface area contributed by atoms with E-state index in [1.54, 1.807) is 4.68 Å². The molecule has 8 heteroatoms. The van der Waals surface area contributed by atoms with Crippen LogP contribution in [0.25, 0.3) is 0 Å². The van der Waals surface area contributed by atoms with Gasteiger partial charge in [-0.15, -0.1) is 0 Å². The second kappa shape index (κ2) is 7.96. The molecule has 5 rings (SSSR count). The summed E-state index contributed by atoms with van der Waals surface area (Å²) in [6.45, 7) is 2.18. The van der Waals surface area contributed by atoms with Crippen LogP contribution >= 0.6 is 27.5 Å². The zero-order chi connectivity index (χ0) is 20.7. The van der Waals surface area contributed by atoms with Gasteiger partial charge in [0.15, 0.2) is 5.69 Å². The second-order valence-corrected chi connectivity index (χ2v) is 8.77. The first-order chi connectivity index (χ1) is 14.6. The molecule has 0 fully saturated rings. The Kier molecular flexibility index (Phi) is 5.16. The maximum absolute atomic E-state index is 13.3. The minimum absolute atomic E-state index is 0.0881. The van der Waals surface area contributed by atoms with E-state index in [-0.39, 0.29) is 11.9 Å². The minimum atomic E-state index is -0.0903. The van der Waals surface area contributed by atoms with Crippen LogP contribution in [-0.2, 0) is 13.0 Å². The summed E-state index contributed by atoms with van der Waals surface area (Å²) < 4.78 is 8.68. The largest absolute Gasteiger partial charge is 0.489 e. The number of anilines is 1. The van der Waals surface area contributed by atoms with Gasteiger partial charge in [-0.2, -0.15) is 5.10 Å². The number of fused-ring (bicyclic) bond motifs is 2. The fourth-order valence-corrected chi connectivity index (χ4v) is 4.61. The Bertz CT molecular complexity index is 1100. The summed E-state index contributed by atoms with van der Waals surface area (Å²) in [5.41, 5.74) is 3.31. The molecule has 0 radical (unpaired) electrons. The van der Waals surface area contributed by atoms with Gasteiger partial charge in [0.1, 0.15) is 17.5 Å². The van der Waals surface area contributed by atoms with E-state index in [0.29, 0.717) is 43.5 Å². The highest BCUT2D eigenvalue weighted by atomic mass is 79.9. The van der Waals surface area contributed by atoms with Gasteiger partial charge in [0.2, 0.25) is 0 Å². The zero-order valence-corrected chi connectivity index (χ0v) is 18.5. The standard InChI is InChI=1S/C22H20BrClN4O2/c23-15-6-7-18-19(10-15)30-13-16(11-25-18)27-9-8-17-20(22(27)29)26-28(21(17)24)12-14-4-2-1-3-5-14/h1-7,10,16,25H,8-9,11-13H2/t16-/m0/s1. The molecule has 30 heavy (non-hydrogen) atoms. The van der Waals surface area contributed by atoms with E-state index in [0.717, 1.165) is 27.0 Å². The van der Waals surface area contributed by atoms with Crippen LogP contribution in [0.5, 0.6) is 5.75 Å². The fourth-order valence-electron chi connectivity index (χ4n) is 3.99. The number of ether oxygens (including phenoxy) is 1. The van der Waals surface area contributed by atoms with Crippen molar-refractivity contribution in [3.63, 3.8) is 0 Å². The predicted octanol–water partition coefficient (Wildman–Crippen LogP) is 4.22. The lowest BCUT2D eigenvalue weighted by Crippen LogP contribution is -2.49. The van der Waals surface area contributed by atoms with Crippen LogP contribution in [0.2, 0.25) is 5.15 Å². The molecule has 3 heterocycles. The van der Waals surface area contributed by atoms with Crippen molar-refractivity contribution in [1.82, 2.24) is 14.7 Å². The van der Waals surface area contributed by atoms with Gasteiger partial charge in [0.25, 0.3) is 5.91 Å². The summed E-state index contributed by atoms with van der Waals surface area (Å²) in [4.78, 5) is 15.1. The number of amides is 1. The first kappa shape index (κ1) is 19.5. The monoisotopic (exact) mass is 486 g/mol. The van der Waals surface area contributed by atoms with Crippen molar-refractivity contribution in [2.24, 2.45) is 0 Å². The summed E-state index contributed by atoms with van der Waals surface area (Å²) in [5.74, 6) is 0.694. The van der Waals surface area contributed by atoms with Crippen molar-refractivity contribution in [2.75, 3.05) is 25.0 Å². The molecule has 1 atom stereocenters.